The SMILES string of the molecule is O=C(CCNC(=O)c1ccccc1Cl)Nc1ccc(-c2nc3ccccc3n2C(F)F)cc1. The molecule has 0 fully saturated rings. The quantitative estimate of drug-likeness (QED) is 0.375. The number of nitrogens with zero attached hydrogens (tertiary/aromatic N) is 2. The second kappa shape index (κ2) is 9.79. The Morgan fingerprint density at radius 1 is 0.970 bits per heavy atom. The molecule has 0 atom stereocenters. The lowest BCUT2D eigenvalue weighted by Gasteiger charge is -2.10. The van der Waals surface area contributed by atoms with Gasteiger partial charge in [-0.25, -0.2) is 4.98 Å². The molecule has 3 aromatic carbocycles. The number of nitrogens with one attached hydrogen (secondary N) is 2. The molecule has 4 rings (SSSR count). The van der Waals surface area contributed by atoms with Crippen LogP contribution in [-0.2, 0) is 4.79 Å². The van der Waals surface area contributed by atoms with Crippen LogP contribution in [0, 0.1) is 0 Å². The Morgan fingerprint density at radius 3 is 2.39 bits per heavy atom. The van der Waals surface area contributed by atoms with E-state index in [1.54, 1.807) is 72.8 Å². The van der Waals surface area contributed by atoms with Crippen LogP contribution in [0.2, 0.25) is 5.02 Å². The Bertz CT molecular complexity index is 1310. The van der Waals surface area contributed by atoms with Gasteiger partial charge < -0.3 is 10.6 Å². The summed E-state index contributed by atoms with van der Waals surface area (Å²) in [4.78, 5) is 28.7. The van der Waals surface area contributed by atoms with E-state index in [0.29, 0.717) is 32.9 Å². The predicted octanol–water partition coefficient (Wildman–Crippen LogP) is 5.51. The zero-order valence-corrected chi connectivity index (χ0v) is 18.0. The summed E-state index contributed by atoms with van der Waals surface area (Å²) in [7, 11) is 0. The van der Waals surface area contributed by atoms with Crippen LogP contribution in [-0.4, -0.2) is 27.9 Å². The molecule has 9 heteroatoms. The first kappa shape index (κ1) is 22.4. The number of anilines is 1. The van der Waals surface area contributed by atoms with E-state index >= 15 is 0 Å². The summed E-state index contributed by atoms with van der Waals surface area (Å²) in [6.07, 6.45) is 0.0547. The van der Waals surface area contributed by atoms with Crippen LogP contribution in [0.5, 0.6) is 0 Å². The van der Waals surface area contributed by atoms with Gasteiger partial charge in [-0.2, -0.15) is 8.78 Å². The van der Waals surface area contributed by atoms with Crippen molar-refractivity contribution < 1.29 is 18.4 Å². The van der Waals surface area contributed by atoms with Crippen molar-refractivity contribution in [3.63, 3.8) is 0 Å². The van der Waals surface area contributed by atoms with Gasteiger partial charge >= 0.3 is 6.55 Å². The summed E-state index contributed by atoms with van der Waals surface area (Å²) >= 11 is 5.99. The van der Waals surface area contributed by atoms with E-state index < -0.39 is 6.55 Å². The average molecular weight is 469 g/mol. The second-order valence-corrected chi connectivity index (χ2v) is 7.59. The van der Waals surface area contributed by atoms with Crippen LogP contribution in [0.15, 0.2) is 72.8 Å². The van der Waals surface area contributed by atoms with E-state index in [9.17, 15) is 18.4 Å². The lowest BCUT2D eigenvalue weighted by atomic mass is 10.2. The maximum absolute atomic E-state index is 13.7. The van der Waals surface area contributed by atoms with Crippen LogP contribution in [0.1, 0.15) is 23.3 Å². The fourth-order valence-corrected chi connectivity index (χ4v) is 3.62. The summed E-state index contributed by atoms with van der Waals surface area (Å²) in [6, 6.07) is 19.8. The van der Waals surface area contributed by atoms with Gasteiger partial charge in [-0.3, -0.25) is 14.2 Å². The van der Waals surface area contributed by atoms with Gasteiger partial charge in [-0.15, -0.1) is 0 Å². The molecular formula is C24H19ClF2N4O2. The summed E-state index contributed by atoms with van der Waals surface area (Å²) in [5.41, 5.74) is 2.16. The first-order valence-corrected chi connectivity index (χ1v) is 10.5. The Morgan fingerprint density at radius 2 is 1.67 bits per heavy atom. The highest BCUT2D eigenvalue weighted by Gasteiger charge is 2.18. The Balaban J connectivity index is 1.38. The van der Waals surface area contributed by atoms with Gasteiger partial charge in [-0.1, -0.05) is 35.9 Å². The van der Waals surface area contributed by atoms with E-state index in [1.165, 1.54) is 0 Å². The predicted molar refractivity (Wildman–Crippen MR) is 123 cm³/mol. The van der Waals surface area contributed by atoms with E-state index in [2.05, 4.69) is 15.6 Å². The normalized spacial score (nSPS) is 11.0. The molecule has 4 aromatic rings. The number of benzene rings is 3. The lowest BCUT2D eigenvalue weighted by Crippen LogP contribution is -2.27. The molecule has 2 amide bonds. The van der Waals surface area contributed by atoms with Crippen LogP contribution in [0.25, 0.3) is 22.4 Å². The largest absolute Gasteiger partial charge is 0.351 e. The van der Waals surface area contributed by atoms with Crippen molar-refractivity contribution in [1.82, 2.24) is 14.9 Å². The monoisotopic (exact) mass is 468 g/mol. The number of rotatable bonds is 7. The molecule has 0 radical (unpaired) electrons. The summed E-state index contributed by atoms with van der Waals surface area (Å²) in [5.74, 6) is -0.520. The molecular weight excluding hydrogens is 450 g/mol. The fraction of sp³-hybridized carbons (Fsp3) is 0.125. The molecule has 0 spiro atoms. The standard InChI is InChI=1S/C24H19ClF2N4O2/c25-18-6-2-1-5-17(18)23(33)28-14-13-21(32)29-16-11-9-15(10-12-16)22-30-19-7-3-4-8-20(19)31(22)24(26)27/h1-12,24H,13-14H2,(H,28,33)(H,29,32). The summed E-state index contributed by atoms with van der Waals surface area (Å²) in [5, 5.41) is 5.70. The zero-order chi connectivity index (χ0) is 23.4. The molecule has 1 heterocycles. The van der Waals surface area contributed by atoms with Gasteiger partial charge in [0.05, 0.1) is 21.6 Å². The third-order valence-electron chi connectivity index (χ3n) is 4.97. The number of hydrogen-bond donors (Lipinski definition) is 2. The van der Waals surface area contributed by atoms with Crippen molar-refractivity contribution in [1.29, 1.82) is 0 Å². The van der Waals surface area contributed by atoms with Crippen LogP contribution >= 0.6 is 11.6 Å². The van der Waals surface area contributed by atoms with Crippen molar-refractivity contribution >= 4 is 40.1 Å². The van der Waals surface area contributed by atoms with Gasteiger partial charge in [0, 0.05) is 24.2 Å². The maximum atomic E-state index is 13.7. The minimum absolute atomic E-state index is 0.0547. The van der Waals surface area contributed by atoms with Crippen LogP contribution < -0.4 is 10.6 Å². The Hall–Kier alpha value is -3.78. The molecule has 0 aliphatic carbocycles. The molecule has 168 valence electrons. The topological polar surface area (TPSA) is 76.0 Å². The average Bonchev–Trinajstić information content (AvgIpc) is 3.19. The highest BCUT2D eigenvalue weighted by molar-refractivity contribution is 6.33. The molecule has 0 aliphatic rings. The Labute approximate surface area is 193 Å². The number of alkyl halides is 2. The second-order valence-electron chi connectivity index (χ2n) is 7.18. The number of halogens is 3. The van der Waals surface area contributed by atoms with Crippen LogP contribution in [0.4, 0.5) is 14.5 Å². The molecule has 0 saturated heterocycles. The molecule has 2 N–H and O–H groups in total. The molecule has 0 saturated carbocycles. The van der Waals surface area contributed by atoms with Gasteiger partial charge in [0.1, 0.15) is 5.82 Å². The number of carbonyl (C=O) groups is 2. The third kappa shape index (κ3) is 5.01. The minimum atomic E-state index is -2.74. The number of hydrogen-bond acceptors (Lipinski definition) is 3. The van der Waals surface area contributed by atoms with Crippen molar-refractivity contribution in [3.05, 3.63) is 83.4 Å². The number of aromatic nitrogens is 2. The Kier molecular flexibility index (Phi) is 6.65. The highest BCUT2D eigenvalue weighted by atomic mass is 35.5. The highest BCUT2D eigenvalue weighted by Crippen LogP contribution is 2.30. The number of fused-ring (bicyclic) bond motifs is 1. The maximum Gasteiger partial charge on any atom is 0.320 e. The van der Waals surface area contributed by atoms with Crippen molar-refractivity contribution in [2.75, 3.05) is 11.9 Å². The molecule has 0 unspecified atom stereocenters. The zero-order valence-electron chi connectivity index (χ0n) is 17.3. The third-order valence-corrected chi connectivity index (χ3v) is 5.30. The van der Waals surface area contributed by atoms with Crippen molar-refractivity contribution in [3.8, 4) is 11.4 Å². The number of carbonyl (C=O) groups excluding carboxylic acids is 2. The summed E-state index contributed by atoms with van der Waals surface area (Å²) in [6.45, 7) is -2.61. The first-order valence-electron chi connectivity index (χ1n) is 10.1. The van der Waals surface area contributed by atoms with E-state index in [4.69, 9.17) is 11.6 Å². The van der Waals surface area contributed by atoms with Gasteiger partial charge in [0.15, 0.2) is 0 Å². The van der Waals surface area contributed by atoms with E-state index in [-0.39, 0.29) is 30.6 Å². The van der Waals surface area contributed by atoms with Crippen molar-refractivity contribution in [2.24, 2.45) is 0 Å². The molecule has 6 nitrogen and oxygen atoms in total. The summed E-state index contributed by atoms with van der Waals surface area (Å²) < 4.78 is 28.2. The first-order chi connectivity index (χ1) is 15.9. The smallest absolute Gasteiger partial charge is 0.320 e. The van der Waals surface area contributed by atoms with Gasteiger partial charge in [-0.05, 0) is 48.5 Å². The number of imidazole rings is 1. The molecule has 1 aromatic heterocycles. The van der Waals surface area contributed by atoms with Crippen molar-refractivity contribution in [2.45, 2.75) is 13.0 Å². The minimum Gasteiger partial charge on any atom is -0.351 e. The molecule has 0 bridgehead atoms. The van der Waals surface area contributed by atoms with E-state index in [0.717, 1.165) is 4.57 Å². The van der Waals surface area contributed by atoms with Crippen LogP contribution in [0.3, 0.4) is 0 Å². The van der Waals surface area contributed by atoms with Gasteiger partial charge in [0.2, 0.25) is 5.91 Å². The number of amides is 2. The molecule has 0 aliphatic heterocycles. The number of para-hydroxylation sites is 2. The lowest BCUT2D eigenvalue weighted by molar-refractivity contribution is -0.116. The molecule has 33 heavy (non-hydrogen) atoms. The van der Waals surface area contributed by atoms with E-state index in [1.807, 2.05) is 0 Å². The fourth-order valence-electron chi connectivity index (χ4n) is 3.40. The van der Waals surface area contributed by atoms with Gasteiger partial charge in [0.25, 0.3) is 5.91 Å².